The van der Waals surface area contributed by atoms with Gasteiger partial charge in [0.2, 0.25) is 11.8 Å². The Morgan fingerprint density at radius 2 is 2.22 bits per heavy atom. The van der Waals surface area contributed by atoms with E-state index in [0.717, 1.165) is 22.8 Å². The Hall–Kier alpha value is -2.43. The van der Waals surface area contributed by atoms with E-state index in [1.165, 1.54) is 0 Å². The summed E-state index contributed by atoms with van der Waals surface area (Å²) in [6.07, 6.45) is 5.33. The Morgan fingerprint density at radius 3 is 3.04 bits per heavy atom. The zero-order valence-corrected chi connectivity index (χ0v) is 13.3. The average Bonchev–Trinajstić information content (AvgIpc) is 2.76. The van der Waals surface area contributed by atoms with Crippen molar-refractivity contribution in [2.45, 2.75) is 32.2 Å². The Bertz CT molecular complexity index is 729. The monoisotopic (exact) mass is 311 g/mol. The lowest BCUT2D eigenvalue weighted by Gasteiger charge is -2.27. The van der Waals surface area contributed by atoms with Crippen LogP contribution in [0.25, 0.3) is 10.8 Å². The maximum atomic E-state index is 12.7. The Morgan fingerprint density at radius 1 is 1.35 bits per heavy atom. The molecule has 1 N–H and O–H groups in total. The third kappa shape index (κ3) is 3.33. The van der Waals surface area contributed by atoms with E-state index in [-0.39, 0.29) is 17.9 Å². The Kier molecular flexibility index (Phi) is 4.55. The Labute approximate surface area is 135 Å². The molecule has 5 nitrogen and oxygen atoms in total. The number of amides is 2. The summed E-state index contributed by atoms with van der Waals surface area (Å²) in [4.78, 5) is 30.6. The van der Waals surface area contributed by atoms with Crippen LogP contribution in [0.5, 0.6) is 0 Å². The summed E-state index contributed by atoms with van der Waals surface area (Å²) in [5, 5.41) is 5.01. The van der Waals surface area contributed by atoms with Crippen LogP contribution in [0.2, 0.25) is 0 Å². The molecule has 1 aromatic heterocycles. The molecule has 1 fully saturated rings. The van der Waals surface area contributed by atoms with Gasteiger partial charge in [0, 0.05) is 30.9 Å². The third-order valence-corrected chi connectivity index (χ3v) is 4.32. The summed E-state index contributed by atoms with van der Waals surface area (Å²) in [5.74, 6) is -0.0229. The molecule has 0 unspecified atom stereocenters. The van der Waals surface area contributed by atoms with Crippen LogP contribution in [0.1, 0.15) is 25.3 Å². The van der Waals surface area contributed by atoms with Gasteiger partial charge in [0.15, 0.2) is 0 Å². The molecule has 1 atom stereocenters. The fourth-order valence-electron chi connectivity index (χ4n) is 3.10. The molecule has 0 aliphatic carbocycles. The molecule has 1 aliphatic rings. The molecule has 2 aromatic rings. The van der Waals surface area contributed by atoms with Gasteiger partial charge in [-0.2, -0.15) is 0 Å². The minimum atomic E-state index is -0.352. The number of carbonyl (C=O) groups is 2. The number of carbonyl (C=O) groups excluding carboxylic acids is 2. The normalized spacial score (nSPS) is 18.6. The molecular formula is C18H21N3O2. The van der Waals surface area contributed by atoms with Crippen LogP contribution in [0, 0.1) is 0 Å². The zero-order chi connectivity index (χ0) is 16.2. The van der Waals surface area contributed by atoms with E-state index in [2.05, 4.69) is 10.3 Å². The van der Waals surface area contributed by atoms with Gasteiger partial charge in [0.1, 0.15) is 6.04 Å². The van der Waals surface area contributed by atoms with Gasteiger partial charge in [-0.25, -0.2) is 0 Å². The molecule has 0 spiro atoms. The van der Waals surface area contributed by atoms with E-state index >= 15 is 0 Å². The van der Waals surface area contributed by atoms with Crippen LogP contribution in [-0.4, -0.2) is 40.8 Å². The van der Waals surface area contributed by atoms with E-state index in [4.69, 9.17) is 0 Å². The van der Waals surface area contributed by atoms with Gasteiger partial charge in [-0.3, -0.25) is 14.6 Å². The van der Waals surface area contributed by atoms with Gasteiger partial charge in [0.05, 0.1) is 6.42 Å². The highest BCUT2D eigenvalue weighted by Gasteiger charge is 2.29. The molecule has 0 radical (unpaired) electrons. The number of nitrogens with one attached hydrogen (secondary N) is 1. The first-order valence-electron chi connectivity index (χ1n) is 8.09. The summed E-state index contributed by atoms with van der Waals surface area (Å²) in [5.41, 5.74) is 0.966. The van der Waals surface area contributed by atoms with Gasteiger partial charge in [-0.15, -0.1) is 0 Å². The fourth-order valence-corrected chi connectivity index (χ4v) is 3.10. The largest absolute Gasteiger partial charge is 0.354 e. The first kappa shape index (κ1) is 15.5. The summed E-state index contributed by atoms with van der Waals surface area (Å²) >= 11 is 0. The maximum Gasteiger partial charge on any atom is 0.242 e. The lowest BCUT2D eigenvalue weighted by molar-refractivity contribution is -0.139. The highest BCUT2D eigenvalue weighted by molar-refractivity contribution is 5.89. The van der Waals surface area contributed by atoms with Crippen molar-refractivity contribution in [3.8, 4) is 0 Å². The fraction of sp³-hybridized carbons (Fsp3) is 0.389. The molecule has 3 rings (SSSR count). The number of hydrogen-bond donors (Lipinski definition) is 1. The highest BCUT2D eigenvalue weighted by Crippen LogP contribution is 2.17. The lowest BCUT2D eigenvalue weighted by atomic mass is 10.1. The number of fused-ring (bicyclic) bond motifs is 1. The summed E-state index contributed by atoms with van der Waals surface area (Å²) in [7, 11) is 0. The second kappa shape index (κ2) is 6.77. The van der Waals surface area contributed by atoms with E-state index in [1.54, 1.807) is 11.1 Å². The van der Waals surface area contributed by atoms with Gasteiger partial charge >= 0.3 is 0 Å². The van der Waals surface area contributed by atoms with Crippen molar-refractivity contribution in [3.63, 3.8) is 0 Å². The van der Waals surface area contributed by atoms with Crippen molar-refractivity contribution in [2.75, 3.05) is 13.1 Å². The molecular weight excluding hydrogens is 290 g/mol. The van der Waals surface area contributed by atoms with Crippen molar-refractivity contribution < 1.29 is 9.59 Å². The van der Waals surface area contributed by atoms with Gasteiger partial charge in [-0.1, -0.05) is 25.1 Å². The molecule has 5 heteroatoms. The second-order valence-corrected chi connectivity index (χ2v) is 5.89. The van der Waals surface area contributed by atoms with Crippen LogP contribution < -0.4 is 5.32 Å². The minimum Gasteiger partial charge on any atom is -0.354 e. The van der Waals surface area contributed by atoms with Gasteiger partial charge in [0.25, 0.3) is 0 Å². The molecule has 2 heterocycles. The number of nitrogens with zero attached hydrogens (tertiary/aromatic N) is 2. The lowest BCUT2D eigenvalue weighted by Crippen LogP contribution is -2.47. The molecule has 120 valence electrons. The zero-order valence-electron chi connectivity index (χ0n) is 13.3. The molecule has 0 bridgehead atoms. The first-order chi connectivity index (χ1) is 11.2. The number of pyridine rings is 1. The van der Waals surface area contributed by atoms with Crippen molar-refractivity contribution in [3.05, 3.63) is 42.2 Å². The summed E-state index contributed by atoms with van der Waals surface area (Å²) < 4.78 is 0. The third-order valence-electron chi connectivity index (χ3n) is 4.32. The van der Waals surface area contributed by atoms with Crippen molar-refractivity contribution in [2.24, 2.45) is 0 Å². The predicted molar refractivity (Wildman–Crippen MR) is 88.9 cm³/mol. The molecule has 2 amide bonds. The van der Waals surface area contributed by atoms with Crippen molar-refractivity contribution in [1.82, 2.24) is 15.2 Å². The SMILES string of the molecule is CC[C@H]1C(=O)NCCCN1C(=O)Cc1ccc2cnccc2c1. The van der Waals surface area contributed by atoms with Crippen molar-refractivity contribution >= 4 is 22.6 Å². The number of hydrogen-bond acceptors (Lipinski definition) is 3. The molecule has 23 heavy (non-hydrogen) atoms. The Balaban J connectivity index is 1.79. The average molecular weight is 311 g/mol. The van der Waals surface area contributed by atoms with Crippen LogP contribution in [0.4, 0.5) is 0 Å². The quantitative estimate of drug-likeness (QED) is 0.942. The van der Waals surface area contributed by atoms with Crippen LogP contribution >= 0.6 is 0 Å². The predicted octanol–water partition coefficient (Wildman–Crippen LogP) is 1.90. The van der Waals surface area contributed by atoms with E-state index in [9.17, 15) is 9.59 Å². The number of rotatable bonds is 3. The smallest absolute Gasteiger partial charge is 0.242 e. The standard InChI is InChI=1S/C18H21N3O2/c1-2-16-18(23)20-7-3-9-21(16)17(22)11-13-4-5-15-12-19-8-6-14(15)10-13/h4-6,8,10,12,16H,2-3,7,9,11H2,1H3,(H,20,23)/t16-/m0/s1. The number of benzene rings is 1. The first-order valence-corrected chi connectivity index (χ1v) is 8.09. The van der Waals surface area contributed by atoms with E-state index in [0.29, 0.717) is 25.9 Å². The number of aromatic nitrogens is 1. The molecule has 1 aromatic carbocycles. The van der Waals surface area contributed by atoms with E-state index in [1.807, 2.05) is 37.4 Å². The van der Waals surface area contributed by atoms with Gasteiger partial charge < -0.3 is 10.2 Å². The second-order valence-electron chi connectivity index (χ2n) is 5.89. The summed E-state index contributed by atoms with van der Waals surface area (Å²) in [6, 6.07) is 7.55. The van der Waals surface area contributed by atoms with Gasteiger partial charge in [-0.05, 0) is 29.9 Å². The van der Waals surface area contributed by atoms with Crippen LogP contribution in [-0.2, 0) is 16.0 Å². The maximum absolute atomic E-state index is 12.7. The van der Waals surface area contributed by atoms with E-state index < -0.39 is 0 Å². The van der Waals surface area contributed by atoms with Crippen LogP contribution in [0.3, 0.4) is 0 Å². The molecule has 1 saturated heterocycles. The van der Waals surface area contributed by atoms with Crippen molar-refractivity contribution in [1.29, 1.82) is 0 Å². The molecule has 0 saturated carbocycles. The highest BCUT2D eigenvalue weighted by atomic mass is 16.2. The molecule has 1 aliphatic heterocycles. The topological polar surface area (TPSA) is 62.3 Å². The van der Waals surface area contributed by atoms with Crippen LogP contribution in [0.15, 0.2) is 36.7 Å². The minimum absolute atomic E-state index is 0.0160. The summed E-state index contributed by atoms with van der Waals surface area (Å²) in [6.45, 7) is 3.22.